The van der Waals surface area contributed by atoms with Crippen LogP contribution in [-0.2, 0) is 38.7 Å². The van der Waals surface area contributed by atoms with E-state index >= 15 is 0 Å². The molecule has 2 aliphatic heterocycles. The van der Waals surface area contributed by atoms with Gasteiger partial charge in [-0.25, -0.2) is 9.97 Å². The van der Waals surface area contributed by atoms with Gasteiger partial charge in [0.25, 0.3) is 0 Å². The standard InChI is InChI=1S/C92H72N8O4.Cu/c1-89(2,57-21-13-9-14-22-57)61-29-37-65(38-30-61)101-69-45-49-73-77(53-69)85-95-81(73)93-82-75-51-47-71(103-67-41-33-63(34-42-67)91(5,6)59-25-17-11-18-26-59)55-79(75)87(97-82)100-88-80-56-72(104-68-43-35-64(36-44-68)92(7,8)60-27-19-12-20-28-60)48-52-76(80)84(98-88)94-83-74-50-46-70(54-78(74)86(96-83)99-85)102-66-39-31-62(32-40-66)90(3,4)58-23-15-10-16-24-58;/h9-56H,1-8H3;/q-2;+2. The molecule has 0 fully saturated rings. The van der Waals surface area contributed by atoms with E-state index in [1.165, 1.54) is 22.3 Å². The van der Waals surface area contributed by atoms with E-state index in [-0.39, 0.29) is 38.7 Å². The summed E-state index contributed by atoms with van der Waals surface area (Å²) in [6, 6.07) is 98.7. The summed E-state index contributed by atoms with van der Waals surface area (Å²) in [5.74, 6) is 6.51. The van der Waals surface area contributed by atoms with Gasteiger partial charge in [-0.1, -0.05) is 225 Å². The number of fused-ring (bicyclic) bond motifs is 20. The van der Waals surface area contributed by atoms with Gasteiger partial charge < -0.3 is 48.9 Å². The van der Waals surface area contributed by atoms with E-state index in [2.05, 4.69) is 201 Å². The fourth-order valence-corrected chi connectivity index (χ4v) is 14.2. The molecule has 0 saturated carbocycles. The Kier molecular flexibility index (Phi) is 17.2. The normalized spacial score (nSPS) is 12.1. The van der Waals surface area contributed by atoms with Crippen molar-refractivity contribution < 1.29 is 36.0 Å². The Morgan fingerprint density at radius 2 is 0.429 bits per heavy atom. The summed E-state index contributed by atoms with van der Waals surface area (Å²) < 4.78 is 26.8. The first-order valence-electron chi connectivity index (χ1n) is 35.1. The molecule has 3 aromatic heterocycles. The molecule has 2 aliphatic rings. The maximum Gasteiger partial charge on any atom is 2.00 e. The van der Waals surface area contributed by atoms with Crippen molar-refractivity contribution in [3.63, 3.8) is 0 Å². The van der Waals surface area contributed by atoms with Crippen LogP contribution < -0.4 is 28.9 Å². The van der Waals surface area contributed by atoms with Gasteiger partial charge in [-0.3, -0.25) is 0 Å². The topological polar surface area (TPSA) is 142 Å². The average molecular weight is 1420 g/mol. The van der Waals surface area contributed by atoms with Crippen LogP contribution in [0.1, 0.15) is 99.9 Å². The summed E-state index contributed by atoms with van der Waals surface area (Å²) in [5, 5.41) is 2.79. The van der Waals surface area contributed by atoms with Crippen LogP contribution in [0, 0.1) is 0 Å². The molecule has 105 heavy (non-hydrogen) atoms. The van der Waals surface area contributed by atoms with Crippen molar-refractivity contribution in [3.8, 4) is 91.5 Å². The zero-order valence-corrected chi connectivity index (χ0v) is 60.2. The third kappa shape index (κ3) is 12.8. The summed E-state index contributed by atoms with van der Waals surface area (Å²) >= 11 is 0. The molecular weight excluding hydrogens is 1340 g/mol. The summed E-state index contributed by atoms with van der Waals surface area (Å²) in [5.41, 5.74) is 12.9. The van der Waals surface area contributed by atoms with Gasteiger partial charge in [0.05, 0.1) is 23.3 Å². The molecule has 17 rings (SSSR count). The molecule has 0 spiro atoms. The number of nitrogens with zero attached hydrogens (tertiary/aromatic N) is 8. The molecule has 0 atom stereocenters. The van der Waals surface area contributed by atoms with E-state index < -0.39 is 0 Å². The Labute approximate surface area is 620 Å². The van der Waals surface area contributed by atoms with Gasteiger partial charge in [-0.05, 0) is 187 Å². The minimum absolute atomic E-state index is 0. The van der Waals surface area contributed by atoms with Gasteiger partial charge in [0, 0.05) is 66.5 Å². The Hall–Kier alpha value is -12.3. The maximum absolute atomic E-state index is 6.71. The average Bonchev–Trinajstić information content (AvgIpc) is 1.61. The fourth-order valence-electron chi connectivity index (χ4n) is 14.2. The van der Waals surface area contributed by atoms with Crippen LogP contribution in [0.2, 0.25) is 0 Å². The van der Waals surface area contributed by atoms with Crippen molar-refractivity contribution in [2.75, 3.05) is 0 Å². The van der Waals surface area contributed by atoms with Crippen LogP contribution >= 0.6 is 0 Å². The zero-order chi connectivity index (χ0) is 70.9. The molecule has 0 aliphatic carbocycles. The van der Waals surface area contributed by atoms with E-state index in [9.17, 15) is 0 Å². The van der Waals surface area contributed by atoms with Crippen LogP contribution in [0.5, 0.6) is 46.0 Å². The summed E-state index contributed by atoms with van der Waals surface area (Å²) in [4.78, 5) is 42.7. The minimum Gasteiger partial charge on any atom is -0.457 e. The molecule has 0 amide bonds. The van der Waals surface area contributed by atoms with Crippen LogP contribution in [0.4, 0.5) is 0 Å². The zero-order valence-electron chi connectivity index (χ0n) is 59.2. The minimum atomic E-state index is -0.231. The Morgan fingerprint density at radius 1 is 0.210 bits per heavy atom. The van der Waals surface area contributed by atoms with Crippen molar-refractivity contribution >= 4 is 44.1 Å². The van der Waals surface area contributed by atoms with Gasteiger partial charge >= 0.3 is 17.1 Å². The van der Waals surface area contributed by atoms with E-state index in [0.29, 0.717) is 136 Å². The number of benzene rings is 12. The van der Waals surface area contributed by atoms with E-state index in [0.717, 1.165) is 22.3 Å². The number of hydrogen-bond acceptors (Lipinski definition) is 10. The molecule has 5 heterocycles. The predicted molar refractivity (Wildman–Crippen MR) is 414 cm³/mol. The molecule has 0 unspecified atom stereocenters. The van der Waals surface area contributed by atoms with Crippen molar-refractivity contribution in [2.45, 2.75) is 77.0 Å². The second-order valence-corrected chi connectivity index (χ2v) is 28.8. The quantitative estimate of drug-likeness (QED) is 0.0850. The Bertz CT molecular complexity index is 5580. The summed E-state index contributed by atoms with van der Waals surface area (Å²) in [6.45, 7) is 17.9. The molecule has 15 aromatic rings. The number of aromatic nitrogens is 8. The number of ether oxygens (including phenoxy) is 4. The monoisotopic (exact) mass is 1420 g/mol. The van der Waals surface area contributed by atoms with Crippen LogP contribution in [-0.4, -0.2) is 29.9 Å². The van der Waals surface area contributed by atoms with Crippen LogP contribution in [0.25, 0.3) is 89.7 Å². The molecule has 12 nitrogen and oxygen atoms in total. The second-order valence-electron chi connectivity index (χ2n) is 28.8. The van der Waals surface area contributed by atoms with Gasteiger partial charge in [0.1, 0.15) is 46.0 Å². The fraction of sp³-hybridized carbons (Fsp3) is 0.130. The smallest absolute Gasteiger partial charge is 0.457 e. The Balaban J connectivity index is 0.00000847. The van der Waals surface area contributed by atoms with Crippen molar-refractivity contribution in [3.05, 3.63) is 336 Å². The molecule has 0 N–H and O–H groups in total. The maximum atomic E-state index is 6.71. The first-order chi connectivity index (χ1) is 50.4. The van der Waals surface area contributed by atoms with E-state index in [1.807, 2.05) is 146 Å². The van der Waals surface area contributed by atoms with Gasteiger partial charge in [0.15, 0.2) is 0 Å². The van der Waals surface area contributed by atoms with Crippen molar-refractivity contribution in [1.82, 2.24) is 39.9 Å². The number of hydrogen-bond donors (Lipinski definition) is 0. The summed E-state index contributed by atoms with van der Waals surface area (Å²) in [6.07, 6.45) is 0. The Morgan fingerprint density at radius 3 is 0.705 bits per heavy atom. The molecular formula is C92H72CuN8O4. The van der Waals surface area contributed by atoms with Crippen molar-refractivity contribution in [1.29, 1.82) is 0 Å². The van der Waals surface area contributed by atoms with Gasteiger partial charge in [-0.2, -0.15) is 0 Å². The molecule has 12 aromatic carbocycles. The van der Waals surface area contributed by atoms with Gasteiger partial charge in [0.2, 0.25) is 0 Å². The first-order valence-corrected chi connectivity index (χ1v) is 35.1. The predicted octanol–water partition coefficient (Wildman–Crippen LogP) is 22.6. The molecule has 13 heteroatoms. The SMILES string of the molecule is CC(C)(c1ccccc1)c1ccc(Oc2ccc3c(c2)-c2nc-3nc3[n-]c(nc4nc(nc5[n-]c(n2)c2cc(Oc6ccc(C(C)(C)c7ccccc7)cc6)ccc52)-c2ccc(Oc5ccc(C(C)(C)c6ccccc6)cc5)cc2-4)c2cc(Oc4ccc(C(C)(C)c5ccccc5)cc4)ccc32)cc1.[Cu+2]. The van der Waals surface area contributed by atoms with E-state index in [4.69, 9.17) is 58.8 Å². The molecule has 8 bridgehead atoms. The van der Waals surface area contributed by atoms with E-state index in [1.54, 1.807) is 0 Å². The third-order valence-electron chi connectivity index (χ3n) is 20.8. The van der Waals surface area contributed by atoms with Crippen LogP contribution in [0.15, 0.2) is 291 Å². The molecule has 0 saturated heterocycles. The molecule has 1 radical (unpaired) electrons. The summed E-state index contributed by atoms with van der Waals surface area (Å²) in [7, 11) is 0. The third-order valence-corrected chi connectivity index (χ3v) is 20.8. The molecule has 515 valence electrons. The first kappa shape index (κ1) is 67.2. The van der Waals surface area contributed by atoms with Crippen LogP contribution in [0.3, 0.4) is 0 Å². The van der Waals surface area contributed by atoms with Gasteiger partial charge in [-0.15, -0.1) is 0 Å². The second kappa shape index (κ2) is 26.8. The van der Waals surface area contributed by atoms with Crippen molar-refractivity contribution in [2.24, 2.45) is 0 Å². The largest absolute Gasteiger partial charge is 2.00 e. The number of rotatable bonds is 16.